The lowest BCUT2D eigenvalue weighted by molar-refractivity contribution is -0.116. The SMILES string of the molecule is Cc1nc(NC(=O)CC2CC2)sc1C(=O)NCc1ccccc1. The fraction of sp³-hybridized carbons (Fsp3) is 0.353. The minimum absolute atomic E-state index is 0.0162. The van der Waals surface area contributed by atoms with Gasteiger partial charge in [0.15, 0.2) is 5.13 Å². The Kier molecular flexibility index (Phi) is 4.71. The highest BCUT2D eigenvalue weighted by molar-refractivity contribution is 7.17. The Hall–Kier alpha value is -2.21. The molecule has 1 aromatic heterocycles. The van der Waals surface area contributed by atoms with E-state index < -0.39 is 0 Å². The zero-order valence-corrected chi connectivity index (χ0v) is 13.8. The molecule has 0 radical (unpaired) electrons. The molecule has 1 fully saturated rings. The second-order valence-electron chi connectivity index (χ2n) is 5.80. The molecule has 0 aliphatic heterocycles. The highest BCUT2D eigenvalue weighted by atomic mass is 32.1. The Balaban J connectivity index is 1.58. The Bertz CT molecular complexity index is 708. The Morgan fingerprint density at radius 1 is 1.26 bits per heavy atom. The number of rotatable bonds is 6. The molecule has 1 aromatic carbocycles. The number of anilines is 1. The van der Waals surface area contributed by atoms with Crippen molar-refractivity contribution in [3.63, 3.8) is 0 Å². The number of hydrogen-bond acceptors (Lipinski definition) is 4. The molecule has 5 nitrogen and oxygen atoms in total. The summed E-state index contributed by atoms with van der Waals surface area (Å²) < 4.78 is 0. The van der Waals surface area contributed by atoms with Gasteiger partial charge in [-0.2, -0.15) is 0 Å². The lowest BCUT2D eigenvalue weighted by atomic mass is 10.2. The van der Waals surface area contributed by atoms with Gasteiger partial charge in [-0.05, 0) is 31.2 Å². The van der Waals surface area contributed by atoms with Gasteiger partial charge in [-0.25, -0.2) is 4.98 Å². The first-order valence-electron chi connectivity index (χ1n) is 7.71. The van der Waals surface area contributed by atoms with Gasteiger partial charge < -0.3 is 10.6 Å². The van der Waals surface area contributed by atoms with Gasteiger partial charge in [0, 0.05) is 13.0 Å². The minimum atomic E-state index is -0.161. The van der Waals surface area contributed by atoms with Crippen LogP contribution in [0.5, 0.6) is 0 Å². The maximum absolute atomic E-state index is 12.3. The molecule has 1 aliphatic rings. The maximum atomic E-state index is 12.3. The molecule has 1 aliphatic carbocycles. The number of carbonyl (C=O) groups excluding carboxylic acids is 2. The molecule has 3 rings (SSSR count). The summed E-state index contributed by atoms with van der Waals surface area (Å²) >= 11 is 1.22. The normalized spacial score (nSPS) is 13.6. The van der Waals surface area contributed by atoms with E-state index in [1.807, 2.05) is 30.3 Å². The fourth-order valence-electron chi connectivity index (χ4n) is 2.27. The molecule has 23 heavy (non-hydrogen) atoms. The van der Waals surface area contributed by atoms with Gasteiger partial charge in [-0.1, -0.05) is 41.7 Å². The van der Waals surface area contributed by atoms with Gasteiger partial charge in [0.25, 0.3) is 5.91 Å². The van der Waals surface area contributed by atoms with Crippen molar-refractivity contribution < 1.29 is 9.59 Å². The van der Waals surface area contributed by atoms with Crippen LogP contribution in [0.15, 0.2) is 30.3 Å². The summed E-state index contributed by atoms with van der Waals surface area (Å²) in [6.45, 7) is 2.25. The molecule has 0 spiro atoms. The predicted octanol–water partition coefficient (Wildman–Crippen LogP) is 3.12. The number of nitrogens with one attached hydrogen (secondary N) is 2. The van der Waals surface area contributed by atoms with Crippen LogP contribution in [0.25, 0.3) is 0 Å². The number of benzene rings is 1. The van der Waals surface area contributed by atoms with Gasteiger partial charge in [0.05, 0.1) is 5.69 Å². The van der Waals surface area contributed by atoms with Crippen LogP contribution in [-0.2, 0) is 11.3 Å². The van der Waals surface area contributed by atoms with E-state index in [1.54, 1.807) is 6.92 Å². The topological polar surface area (TPSA) is 71.1 Å². The molecule has 2 aromatic rings. The van der Waals surface area contributed by atoms with E-state index in [9.17, 15) is 9.59 Å². The molecule has 0 atom stereocenters. The zero-order valence-electron chi connectivity index (χ0n) is 13.0. The number of thiazole rings is 1. The standard InChI is InChI=1S/C17H19N3O2S/c1-11-15(16(22)18-10-13-5-3-2-4-6-13)23-17(19-11)20-14(21)9-12-7-8-12/h2-6,12H,7-10H2,1H3,(H,18,22)(H,19,20,21). The van der Waals surface area contributed by atoms with Crippen LogP contribution in [0.2, 0.25) is 0 Å². The first-order valence-corrected chi connectivity index (χ1v) is 8.53. The van der Waals surface area contributed by atoms with Crippen molar-refractivity contribution in [2.45, 2.75) is 32.7 Å². The minimum Gasteiger partial charge on any atom is -0.347 e. The molecule has 0 saturated heterocycles. The summed E-state index contributed by atoms with van der Waals surface area (Å²) in [5.74, 6) is 0.355. The highest BCUT2D eigenvalue weighted by Crippen LogP contribution is 2.33. The molecule has 2 N–H and O–H groups in total. The Morgan fingerprint density at radius 3 is 2.70 bits per heavy atom. The third-order valence-electron chi connectivity index (χ3n) is 3.72. The largest absolute Gasteiger partial charge is 0.347 e. The van der Waals surface area contributed by atoms with E-state index in [0.29, 0.717) is 34.6 Å². The van der Waals surface area contributed by atoms with Crippen LogP contribution in [0, 0.1) is 12.8 Å². The number of aromatic nitrogens is 1. The quantitative estimate of drug-likeness (QED) is 0.855. The molecule has 2 amide bonds. The lowest BCUT2D eigenvalue weighted by Crippen LogP contribution is -2.22. The van der Waals surface area contributed by atoms with E-state index in [2.05, 4.69) is 15.6 Å². The molecular weight excluding hydrogens is 310 g/mol. The van der Waals surface area contributed by atoms with Crippen LogP contribution >= 0.6 is 11.3 Å². The maximum Gasteiger partial charge on any atom is 0.263 e. The van der Waals surface area contributed by atoms with E-state index in [1.165, 1.54) is 11.3 Å². The third kappa shape index (κ3) is 4.39. The average Bonchev–Trinajstić information content (AvgIpc) is 3.27. The summed E-state index contributed by atoms with van der Waals surface area (Å²) in [4.78, 5) is 28.9. The van der Waals surface area contributed by atoms with E-state index in [4.69, 9.17) is 0 Å². The first kappa shape index (κ1) is 15.7. The summed E-state index contributed by atoms with van der Waals surface area (Å²) in [5, 5.41) is 6.17. The van der Waals surface area contributed by atoms with Crippen molar-refractivity contribution >= 4 is 28.3 Å². The van der Waals surface area contributed by atoms with Crippen molar-refractivity contribution in [1.29, 1.82) is 0 Å². The van der Waals surface area contributed by atoms with Crippen molar-refractivity contribution in [3.05, 3.63) is 46.5 Å². The second-order valence-corrected chi connectivity index (χ2v) is 6.80. The molecule has 0 bridgehead atoms. The number of aryl methyl sites for hydroxylation is 1. The van der Waals surface area contributed by atoms with Crippen molar-refractivity contribution in [3.8, 4) is 0 Å². The smallest absolute Gasteiger partial charge is 0.263 e. The zero-order chi connectivity index (χ0) is 16.2. The van der Waals surface area contributed by atoms with E-state index in [0.717, 1.165) is 18.4 Å². The third-order valence-corrected chi connectivity index (χ3v) is 4.79. The van der Waals surface area contributed by atoms with Crippen molar-refractivity contribution in [2.24, 2.45) is 5.92 Å². The lowest BCUT2D eigenvalue weighted by Gasteiger charge is -2.03. The number of nitrogens with zero attached hydrogens (tertiary/aromatic N) is 1. The monoisotopic (exact) mass is 329 g/mol. The predicted molar refractivity (Wildman–Crippen MR) is 90.4 cm³/mol. The van der Waals surface area contributed by atoms with Crippen molar-refractivity contribution in [2.75, 3.05) is 5.32 Å². The summed E-state index contributed by atoms with van der Waals surface area (Å²) in [7, 11) is 0. The van der Waals surface area contributed by atoms with E-state index >= 15 is 0 Å². The van der Waals surface area contributed by atoms with Gasteiger partial charge in [-0.3, -0.25) is 9.59 Å². The number of amides is 2. The molecule has 1 heterocycles. The van der Waals surface area contributed by atoms with Crippen LogP contribution in [-0.4, -0.2) is 16.8 Å². The van der Waals surface area contributed by atoms with E-state index in [-0.39, 0.29) is 11.8 Å². The van der Waals surface area contributed by atoms with Crippen LogP contribution in [0.4, 0.5) is 5.13 Å². The first-order chi connectivity index (χ1) is 11.1. The van der Waals surface area contributed by atoms with Gasteiger partial charge in [-0.15, -0.1) is 0 Å². The average molecular weight is 329 g/mol. The highest BCUT2D eigenvalue weighted by Gasteiger charge is 2.25. The number of hydrogen-bond donors (Lipinski definition) is 2. The van der Waals surface area contributed by atoms with Crippen LogP contribution < -0.4 is 10.6 Å². The van der Waals surface area contributed by atoms with Gasteiger partial charge in [0.2, 0.25) is 5.91 Å². The molecule has 0 unspecified atom stereocenters. The number of carbonyl (C=O) groups is 2. The molecule has 120 valence electrons. The molecule has 1 saturated carbocycles. The fourth-order valence-corrected chi connectivity index (χ4v) is 3.17. The van der Waals surface area contributed by atoms with Crippen LogP contribution in [0.1, 0.15) is 40.2 Å². The molecule has 6 heteroatoms. The van der Waals surface area contributed by atoms with Crippen LogP contribution in [0.3, 0.4) is 0 Å². The van der Waals surface area contributed by atoms with Crippen molar-refractivity contribution in [1.82, 2.24) is 10.3 Å². The summed E-state index contributed by atoms with van der Waals surface area (Å²) in [6.07, 6.45) is 2.82. The Labute approximate surface area is 139 Å². The Morgan fingerprint density at radius 2 is 2.00 bits per heavy atom. The van der Waals surface area contributed by atoms with Gasteiger partial charge in [0.1, 0.15) is 4.88 Å². The second kappa shape index (κ2) is 6.91. The summed E-state index contributed by atoms with van der Waals surface area (Å²) in [6, 6.07) is 9.74. The summed E-state index contributed by atoms with van der Waals surface area (Å²) in [5.41, 5.74) is 1.68. The molecular formula is C17H19N3O2S. The van der Waals surface area contributed by atoms with Gasteiger partial charge >= 0.3 is 0 Å².